The summed E-state index contributed by atoms with van der Waals surface area (Å²) in [4.78, 5) is 10.9. The third-order valence-electron chi connectivity index (χ3n) is 2.70. The van der Waals surface area contributed by atoms with E-state index >= 15 is 0 Å². The zero-order chi connectivity index (χ0) is 10.1. The Hall–Kier alpha value is -1.51. The lowest BCUT2D eigenvalue weighted by atomic mass is 10.1. The van der Waals surface area contributed by atoms with Gasteiger partial charge in [-0.3, -0.25) is 4.79 Å². The molecule has 2 rings (SSSR count). The van der Waals surface area contributed by atoms with Crippen molar-refractivity contribution < 1.29 is 9.53 Å². The summed E-state index contributed by atoms with van der Waals surface area (Å²) in [6, 6.07) is 7.80. The summed E-state index contributed by atoms with van der Waals surface area (Å²) in [5.41, 5.74) is 6.39. The Balaban J connectivity index is 2.08. The number of carbonyl (C=O) groups is 1. The number of ether oxygens (including phenoxy) is 1. The molecule has 1 aliphatic rings. The lowest BCUT2D eigenvalue weighted by Crippen LogP contribution is -2.13. The van der Waals surface area contributed by atoms with Crippen LogP contribution < -0.4 is 10.5 Å². The smallest absolute Gasteiger partial charge is 0.221 e. The third kappa shape index (κ3) is 1.58. The number of hydrogen-bond donors (Lipinski definition) is 1. The molecular formula is C11H13NO2. The molecule has 1 aromatic rings. The molecule has 0 saturated heterocycles. The summed E-state index contributed by atoms with van der Waals surface area (Å²) in [5.74, 6) is 1.03. The fraction of sp³-hybridized carbons (Fsp3) is 0.364. The van der Waals surface area contributed by atoms with Gasteiger partial charge in [0, 0.05) is 5.92 Å². The number of hydrogen-bond acceptors (Lipinski definition) is 2. The Bertz CT molecular complexity index is 345. The fourth-order valence-electron chi connectivity index (χ4n) is 1.73. The number of primary amides is 1. The number of methoxy groups -OCH3 is 1. The lowest BCUT2D eigenvalue weighted by molar-refractivity contribution is -0.119. The molecular weight excluding hydrogens is 178 g/mol. The van der Waals surface area contributed by atoms with Crippen molar-refractivity contribution in [2.24, 2.45) is 11.7 Å². The van der Waals surface area contributed by atoms with Gasteiger partial charge in [0.1, 0.15) is 5.75 Å². The van der Waals surface area contributed by atoms with E-state index in [-0.39, 0.29) is 11.8 Å². The molecule has 3 nitrogen and oxygen atoms in total. The molecule has 0 heterocycles. The summed E-state index contributed by atoms with van der Waals surface area (Å²) < 4.78 is 5.05. The summed E-state index contributed by atoms with van der Waals surface area (Å²) in [5, 5.41) is 0. The average molecular weight is 191 g/mol. The van der Waals surface area contributed by atoms with Gasteiger partial charge in [-0.2, -0.15) is 0 Å². The van der Waals surface area contributed by atoms with E-state index in [0.717, 1.165) is 12.2 Å². The van der Waals surface area contributed by atoms with Crippen LogP contribution >= 0.6 is 0 Å². The van der Waals surface area contributed by atoms with Crippen LogP contribution in [-0.2, 0) is 4.79 Å². The molecule has 14 heavy (non-hydrogen) atoms. The lowest BCUT2D eigenvalue weighted by Gasteiger charge is -2.01. The molecule has 0 unspecified atom stereocenters. The minimum absolute atomic E-state index is 0.0448. The van der Waals surface area contributed by atoms with Gasteiger partial charge >= 0.3 is 0 Å². The molecule has 1 saturated carbocycles. The summed E-state index contributed by atoms with van der Waals surface area (Å²) in [6.45, 7) is 0. The zero-order valence-electron chi connectivity index (χ0n) is 8.07. The highest BCUT2D eigenvalue weighted by molar-refractivity contribution is 5.81. The molecule has 0 bridgehead atoms. The summed E-state index contributed by atoms with van der Waals surface area (Å²) in [6.07, 6.45) is 0.891. The van der Waals surface area contributed by atoms with Crippen molar-refractivity contribution in [1.82, 2.24) is 0 Å². The van der Waals surface area contributed by atoms with E-state index in [1.807, 2.05) is 24.3 Å². The summed E-state index contributed by atoms with van der Waals surface area (Å²) in [7, 11) is 1.64. The quantitative estimate of drug-likeness (QED) is 0.782. The molecule has 74 valence electrons. The number of amides is 1. The Kier molecular flexibility index (Phi) is 2.15. The van der Waals surface area contributed by atoms with E-state index in [0.29, 0.717) is 5.92 Å². The second kappa shape index (κ2) is 3.33. The molecule has 1 amide bonds. The van der Waals surface area contributed by atoms with Gasteiger partial charge in [0.15, 0.2) is 0 Å². The van der Waals surface area contributed by atoms with Crippen LogP contribution in [0.1, 0.15) is 17.9 Å². The van der Waals surface area contributed by atoms with Gasteiger partial charge in [-0.1, -0.05) is 12.1 Å². The van der Waals surface area contributed by atoms with E-state index in [2.05, 4.69) is 0 Å². The van der Waals surface area contributed by atoms with Crippen molar-refractivity contribution in [2.45, 2.75) is 12.3 Å². The number of benzene rings is 1. The topological polar surface area (TPSA) is 52.3 Å². The highest BCUT2D eigenvalue weighted by Crippen LogP contribution is 2.47. The highest BCUT2D eigenvalue weighted by Gasteiger charge is 2.42. The van der Waals surface area contributed by atoms with Crippen LogP contribution in [0.4, 0.5) is 0 Å². The van der Waals surface area contributed by atoms with Crippen LogP contribution in [0.25, 0.3) is 0 Å². The van der Waals surface area contributed by atoms with E-state index < -0.39 is 0 Å². The molecule has 1 fully saturated rings. The van der Waals surface area contributed by atoms with Gasteiger partial charge in [0.05, 0.1) is 7.11 Å². The van der Waals surface area contributed by atoms with Crippen molar-refractivity contribution in [2.75, 3.05) is 7.11 Å². The normalized spacial score (nSPS) is 24.4. The van der Waals surface area contributed by atoms with Gasteiger partial charge in [0.2, 0.25) is 5.91 Å². The Morgan fingerprint density at radius 2 is 2.07 bits per heavy atom. The van der Waals surface area contributed by atoms with Crippen molar-refractivity contribution >= 4 is 5.91 Å². The zero-order valence-corrected chi connectivity index (χ0v) is 8.07. The Morgan fingerprint density at radius 1 is 1.43 bits per heavy atom. The molecule has 1 aromatic carbocycles. The maximum absolute atomic E-state index is 10.9. The predicted molar refractivity (Wildman–Crippen MR) is 53.0 cm³/mol. The number of rotatable bonds is 3. The van der Waals surface area contributed by atoms with Crippen LogP contribution in [0.15, 0.2) is 24.3 Å². The van der Waals surface area contributed by atoms with Crippen molar-refractivity contribution in [1.29, 1.82) is 0 Å². The SMILES string of the molecule is COc1ccc([C@H]2C[C@H]2C(N)=O)cc1. The van der Waals surface area contributed by atoms with Crippen LogP contribution in [0.5, 0.6) is 5.75 Å². The number of nitrogens with two attached hydrogens (primary N) is 1. The molecule has 0 aromatic heterocycles. The second-order valence-electron chi connectivity index (χ2n) is 3.62. The first-order valence-electron chi connectivity index (χ1n) is 4.65. The van der Waals surface area contributed by atoms with Crippen LogP contribution in [0, 0.1) is 5.92 Å². The van der Waals surface area contributed by atoms with Gasteiger partial charge in [0.25, 0.3) is 0 Å². The first kappa shape index (κ1) is 9.06. The van der Waals surface area contributed by atoms with Gasteiger partial charge in [-0.15, -0.1) is 0 Å². The minimum atomic E-state index is -0.189. The molecule has 2 atom stereocenters. The van der Waals surface area contributed by atoms with Crippen molar-refractivity contribution in [3.8, 4) is 5.75 Å². The molecule has 3 heteroatoms. The fourth-order valence-corrected chi connectivity index (χ4v) is 1.73. The van der Waals surface area contributed by atoms with E-state index in [1.54, 1.807) is 7.11 Å². The van der Waals surface area contributed by atoms with E-state index in [1.165, 1.54) is 5.56 Å². The van der Waals surface area contributed by atoms with E-state index in [9.17, 15) is 4.79 Å². The maximum Gasteiger partial charge on any atom is 0.221 e. The maximum atomic E-state index is 10.9. The third-order valence-corrected chi connectivity index (χ3v) is 2.70. The van der Waals surface area contributed by atoms with Crippen molar-refractivity contribution in [3.05, 3.63) is 29.8 Å². The predicted octanol–water partition coefficient (Wildman–Crippen LogP) is 1.28. The highest BCUT2D eigenvalue weighted by atomic mass is 16.5. The van der Waals surface area contributed by atoms with Crippen LogP contribution in [0.2, 0.25) is 0 Å². The molecule has 0 aliphatic heterocycles. The molecule has 0 radical (unpaired) electrons. The number of carbonyl (C=O) groups excluding carboxylic acids is 1. The van der Waals surface area contributed by atoms with Crippen LogP contribution in [-0.4, -0.2) is 13.0 Å². The van der Waals surface area contributed by atoms with Crippen molar-refractivity contribution in [3.63, 3.8) is 0 Å². The Labute approximate surface area is 82.9 Å². The second-order valence-corrected chi connectivity index (χ2v) is 3.62. The van der Waals surface area contributed by atoms with Gasteiger partial charge < -0.3 is 10.5 Å². The van der Waals surface area contributed by atoms with Gasteiger partial charge in [-0.05, 0) is 30.0 Å². The first-order valence-corrected chi connectivity index (χ1v) is 4.65. The van der Waals surface area contributed by atoms with Crippen LogP contribution in [0.3, 0.4) is 0 Å². The van der Waals surface area contributed by atoms with E-state index in [4.69, 9.17) is 10.5 Å². The molecule has 0 spiro atoms. The largest absolute Gasteiger partial charge is 0.497 e. The molecule has 2 N–H and O–H groups in total. The average Bonchev–Trinajstić information content (AvgIpc) is 2.97. The molecule has 1 aliphatic carbocycles. The standard InChI is InChI=1S/C11H13NO2/c1-14-8-4-2-7(3-5-8)9-6-10(9)11(12)13/h2-5,9-10H,6H2,1H3,(H2,12,13)/t9-,10-/m1/s1. The first-order chi connectivity index (χ1) is 6.72. The summed E-state index contributed by atoms with van der Waals surface area (Å²) >= 11 is 0. The van der Waals surface area contributed by atoms with Gasteiger partial charge in [-0.25, -0.2) is 0 Å². The minimum Gasteiger partial charge on any atom is -0.497 e. The monoisotopic (exact) mass is 191 g/mol. The Morgan fingerprint density at radius 3 is 2.50 bits per heavy atom.